The van der Waals surface area contributed by atoms with Crippen LogP contribution in [-0.2, 0) is 23.9 Å². The van der Waals surface area contributed by atoms with Gasteiger partial charge in [-0.2, -0.15) is 13.2 Å². The number of thiophene rings is 1. The lowest BCUT2D eigenvalue weighted by atomic mass is 10.0. The van der Waals surface area contributed by atoms with E-state index in [4.69, 9.17) is 0 Å². The van der Waals surface area contributed by atoms with E-state index in [1.165, 1.54) is 22.7 Å². The molecular weight excluding hydrogens is 363 g/mol. The number of fused-ring (bicyclic) bond motifs is 1. The van der Waals surface area contributed by atoms with Crippen molar-refractivity contribution in [3.8, 4) is 0 Å². The van der Waals surface area contributed by atoms with E-state index >= 15 is 0 Å². The first-order chi connectivity index (χ1) is 12.4. The van der Waals surface area contributed by atoms with Crippen molar-refractivity contribution in [1.82, 2.24) is 9.88 Å². The molecule has 1 unspecified atom stereocenters. The number of hydrogen-bond acceptors (Lipinski definition) is 4. The molecule has 1 amide bonds. The fourth-order valence-electron chi connectivity index (χ4n) is 3.63. The molecule has 2 aliphatic rings. The molecule has 0 saturated carbocycles. The van der Waals surface area contributed by atoms with Crippen LogP contribution in [-0.4, -0.2) is 35.4 Å². The molecular formula is C18H18F3N3OS. The predicted molar refractivity (Wildman–Crippen MR) is 93.0 cm³/mol. The molecule has 138 valence electrons. The molecule has 1 saturated heterocycles. The van der Waals surface area contributed by atoms with Crippen LogP contribution >= 0.6 is 11.3 Å². The number of carbonyl (C=O) groups is 1. The van der Waals surface area contributed by atoms with Crippen molar-refractivity contribution >= 4 is 22.9 Å². The Morgan fingerprint density at radius 3 is 2.81 bits per heavy atom. The molecule has 2 aromatic heterocycles. The summed E-state index contributed by atoms with van der Waals surface area (Å²) in [7, 11) is 0. The van der Waals surface area contributed by atoms with Crippen molar-refractivity contribution in [2.45, 2.75) is 25.6 Å². The van der Waals surface area contributed by atoms with Gasteiger partial charge in [0.2, 0.25) is 5.91 Å². The van der Waals surface area contributed by atoms with Gasteiger partial charge in [0.1, 0.15) is 5.69 Å². The normalized spacial score (nSPS) is 20.3. The summed E-state index contributed by atoms with van der Waals surface area (Å²) in [5.41, 5.74) is 0.969. The number of carbonyl (C=O) groups excluding carboxylic acids is 1. The van der Waals surface area contributed by atoms with Crippen LogP contribution in [0.5, 0.6) is 0 Å². The molecule has 0 N–H and O–H groups in total. The van der Waals surface area contributed by atoms with Crippen LogP contribution in [0, 0.1) is 5.92 Å². The molecule has 0 spiro atoms. The van der Waals surface area contributed by atoms with Crippen LogP contribution in [0.4, 0.5) is 18.9 Å². The third-order valence-corrected chi connectivity index (χ3v) is 6.08. The molecule has 4 rings (SSSR count). The third-order valence-electron chi connectivity index (χ3n) is 5.06. The van der Waals surface area contributed by atoms with Crippen molar-refractivity contribution < 1.29 is 18.0 Å². The molecule has 2 aromatic rings. The Labute approximate surface area is 153 Å². The zero-order valence-corrected chi connectivity index (χ0v) is 14.8. The van der Waals surface area contributed by atoms with E-state index in [-0.39, 0.29) is 11.8 Å². The van der Waals surface area contributed by atoms with Crippen molar-refractivity contribution in [1.29, 1.82) is 0 Å². The van der Waals surface area contributed by atoms with Crippen molar-refractivity contribution in [3.63, 3.8) is 0 Å². The van der Waals surface area contributed by atoms with Crippen molar-refractivity contribution in [2.75, 3.05) is 24.5 Å². The van der Waals surface area contributed by atoms with Gasteiger partial charge in [0.15, 0.2) is 0 Å². The van der Waals surface area contributed by atoms with Gasteiger partial charge in [0, 0.05) is 31.1 Å². The Morgan fingerprint density at radius 1 is 1.23 bits per heavy atom. The molecule has 0 aromatic carbocycles. The third kappa shape index (κ3) is 3.30. The highest BCUT2D eigenvalue weighted by Crippen LogP contribution is 2.31. The van der Waals surface area contributed by atoms with E-state index in [0.717, 1.165) is 19.0 Å². The smallest absolute Gasteiger partial charge is 0.369 e. The quantitative estimate of drug-likeness (QED) is 0.798. The Balaban J connectivity index is 1.40. The van der Waals surface area contributed by atoms with Gasteiger partial charge in [-0.15, -0.1) is 11.3 Å². The highest BCUT2D eigenvalue weighted by atomic mass is 32.1. The number of nitrogens with zero attached hydrogens (tertiary/aromatic N) is 3. The van der Waals surface area contributed by atoms with Gasteiger partial charge in [0.05, 0.1) is 17.8 Å². The van der Waals surface area contributed by atoms with Gasteiger partial charge < -0.3 is 9.80 Å². The molecule has 2 aliphatic heterocycles. The fourth-order valence-corrected chi connectivity index (χ4v) is 4.52. The molecule has 0 aliphatic carbocycles. The van der Waals surface area contributed by atoms with E-state index in [1.807, 2.05) is 9.80 Å². The summed E-state index contributed by atoms with van der Waals surface area (Å²) in [6, 6.07) is 4.50. The van der Waals surface area contributed by atoms with E-state index in [0.29, 0.717) is 31.7 Å². The van der Waals surface area contributed by atoms with Gasteiger partial charge in [-0.25, -0.2) is 4.98 Å². The average molecular weight is 381 g/mol. The topological polar surface area (TPSA) is 36.4 Å². The Bertz CT molecular complexity index is 803. The summed E-state index contributed by atoms with van der Waals surface area (Å²) < 4.78 is 37.9. The van der Waals surface area contributed by atoms with E-state index in [9.17, 15) is 18.0 Å². The minimum absolute atomic E-state index is 0.113. The lowest BCUT2D eigenvalue weighted by Gasteiger charge is -2.29. The maximum Gasteiger partial charge on any atom is 0.433 e. The largest absolute Gasteiger partial charge is 0.433 e. The number of hydrogen-bond donors (Lipinski definition) is 0. The first-order valence-corrected chi connectivity index (χ1v) is 9.42. The molecule has 4 nitrogen and oxygen atoms in total. The van der Waals surface area contributed by atoms with Gasteiger partial charge in [-0.3, -0.25) is 4.79 Å². The maximum absolute atomic E-state index is 12.8. The number of halogens is 3. The molecule has 4 heterocycles. The minimum Gasteiger partial charge on any atom is -0.369 e. The zero-order chi connectivity index (χ0) is 18.3. The second kappa shape index (κ2) is 6.57. The summed E-state index contributed by atoms with van der Waals surface area (Å²) >= 11 is 1.74. The second-order valence-corrected chi connectivity index (χ2v) is 7.71. The fraction of sp³-hybridized carbons (Fsp3) is 0.444. The Hall–Kier alpha value is -2.09. The highest BCUT2D eigenvalue weighted by Gasteiger charge is 2.35. The van der Waals surface area contributed by atoms with Crippen LogP contribution in [0.2, 0.25) is 0 Å². The molecule has 8 heteroatoms. The number of pyridine rings is 1. The average Bonchev–Trinajstić information content (AvgIpc) is 3.29. The van der Waals surface area contributed by atoms with E-state index in [1.54, 1.807) is 11.3 Å². The molecule has 0 radical (unpaired) electrons. The van der Waals surface area contributed by atoms with Crippen molar-refractivity contribution in [2.24, 2.45) is 5.92 Å². The predicted octanol–water partition coefficient (Wildman–Crippen LogP) is 3.57. The summed E-state index contributed by atoms with van der Waals surface area (Å²) in [6.45, 7) is 2.58. The van der Waals surface area contributed by atoms with E-state index < -0.39 is 11.9 Å². The molecule has 0 bridgehead atoms. The number of alkyl halides is 3. The van der Waals surface area contributed by atoms with Crippen LogP contribution < -0.4 is 4.90 Å². The number of rotatable bonds is 2. The molecule has 1 fully saturated rings. The zero-order valence-electron chi connectivity index (χ0n) is 14.0. The highest BCUT2D eigenvalue weighted by molar-refractivity contribution is 7.10. The van der Waals surface area contributed by atoms with Gasteiger partial charge in [0.25, 0.3) is 0 Å². The lowest BCUT2D eigenvalue weighted by Crippen LogP contribution is -2.40. The Kier molecular flexibility index (Phi) is 4.38. The van der Waals surface area contributed by atoms with Crippen LogP contribution in [0.1, 0.15) is 22.6 Å². The van der Waals surface area contributed by atoms with Gasteiger partial charge in [-0.05, 0) is 42.0 Å². The summed E-state index contributed by atoms with van der Waals surface area (Å²) in [6.07, 6.45) is -1.57. The molecule has 26 heavy (non-hydrogen) atoms. The first kappa shape index (κ1) is 17.3. The van der Waals surface area contributed by atoms with E-state index in [2.05, 4.69) is 16.4 Å². The molecule has 1 atom stereocenters. The number of aromatic nitrogens is 1. The summed E-state index contributed by atoms with van der Waals surface area (Å²) in [4.78, 5) is 21.6. The summed E-state index contributed by atoms with van der Waals surface area (Å²) in [5.74, 6) is 0.0294. The van der Waals surface area contributed by atoms with Crippen LogP contribution in [0.15, 0.2) is 29.8 Å². The number of amides is 1. The minimum atomic E-state index is -4.43. The van der Waals surface area contributed by atoms with Gasteiger partial charge >= 0.3 is 6.18 Å². The van der Waals surface area contributed by atoms with Gasteiger partial charge in [-0.1, -0.05) is 0 Å². The standard InChI is InChI=1S/C18H18F3N3OS/c19-18(20,21)16-2-1-14(9-22-16)23-6-3-13(11-23)17(25)24-7-4-15-12(10-24)5-8-26-15/h1-2,5,8-9,13H,3-4,6-7,10-11H2. The van der Waals surface area contributed by atoms with Crippen LogP contribution in [0.3, 0.4) is 0 Å². The maximum atomic E-state index is 12.8. The van der Waals surface area contributed by atoms with Crippen LogP contribution in [0.25, 0.3) is 0 Å². The Morgan fingerprint density at radius 2 is 2.08 bits per heavy atom. The van der Waals surface area contributed by atoms with Crippen molar-refractivity contribution in [3.05, 3.63) is 45.9 Å². The second-order valence-electron chi connectivity index (χ2n) is 6.71. The lowest BCUT2D eigenvalue weighted by molar-refractivity contribution is -0.141. The SMILES string of the molecule is O=C(C1CCN(c2ccc(C(F)(F)F)nc2)C1)N1CCc2sccc2C1. The number of anilines is 1. The summed E-state index contributed by atoms with van der Waals surface area (Å²) in [5, 5.41) is 2.06. The monoisotopic (exact) mass is 381 g/mol. The first-order valence-electron chi connectivity index (χ1n) is 8.54.